The average molecular weight is 445 g/mol. The van der Waals surface area contributed by atoms with E-state index < -0.39 is 6.10 Å². The second-order valence-corrected chi connectivity index (χ2v) is 8.50. The molecule has 31 heavy (non-hydrogen) atoms. The molecule has 2 amide bonds. The number of halogens is 1. The number of aliphatic hydroxyl groups is 1. The second-order valence-electron chi connectivity index (χ2n) is 8.09. The van der Waals surface area contributed by atoms with E-state index in [1.165, 1.54) is 6.92 Å². The van der Waals surface area contributed by atoms with Gasteiger partial charge in [0.15, 0.2) is 6.61 Å². The third-order valence-electron chi connectivity index (χ3n) is 5.91. The summed E-state index contributed by atoms with van der Waals surface area (Å²) in [6, 6.07) is 16.8. The first-order valence-electron chi connectivity index (χ1n) is 10.5. The Morgan fingerprint density at radius 1 is 1.10 bits per heavy atom. The molecule has 7 heteroatoms. The lowest BCUT2D eigenvalue weighted by Crippen LogP contribution is -2.43. The van der Waals surface area contributed by atoms with Gasteiger partial charge in [0, 0.05) is 18.9 Å². The van der Waals surface area contributed by atoms with Crippen LogP contribution in [0.15, 0.2) is 54.6 Å². The van der Waals surface area contributed by atoms with Crippen molar-refractivity contribution in [3.63, 3.8) is 0 Å². The summed E-state index contributed by atoms with van der Waals surface area (Å²) >= 11 is 6.08. The minimum atomic E-state index is -0.617. The smallest absolute Gasteiger partial charge is 0.257 e. The third-order valence-corrected chi connectivity index (χ3v) is 6.22. The van der Waals surface area contributed by atoms with Gasteiger partial charge < -0.3 is 20.5 Å². The maximum atomic E-state index is 12.5. The molecule has 0 aromatic heterocycles. The van der Waals surface area contributed by atoms with E-state index in [0.29, 0.717) is 36.6 Å². The number of hydrogen-bond donors (Lipinski definition) is 3. The van der Waals surface area contributed by atoms with Gasteiger partial charge in [0.2, 0.25) is 5.91 Å². The summed E-state index contributed by atoms with van der Waals surface area (Å²) in [7, 11) is 0. The van der Waals surface area contributed by atoms with E-state index >= 15 is 0 Å². The van der Waals surface area contributed by atoms with Crippen molar-refractivity contribution in [2.24, 2.45) is 0 Å². The van der Waals surface area contributed by atoms with Crippen LogP contribution in [-0.4, -0.2) is 42.2 Å². The fourth-order valence-electron chi connectivity index (χ4n) is 4.19. The predicted octanol–water partition coefficient (Wildman–Crippen LogP) is 3.21. The standard InChI is InChI=1S/C24H29ClN2O4/c1-17(28)27-20-11-13-24(14-12-21(20)29,18-7-3-2-4-8-18)16-26-23(30)15-31-22-10-6-5-9-19(22)25/h2-10,20-21,29H,11-16H2,1H3,(H,26,30)(H,27,28)/t20-,21-,24-/m0/s1. The van der Waals surface area contributed by atoms with Crippen molar-refractivity contribution in [2.45, 2.75) is 50.2 Å². The first-order valence-corrected chi connectivity index (χ1v) is 10.9. The molecule has 3 rings (SSSR count). The lowest BCUT2D eigenvalue weighted by atomic mass is 9.74. The van der Waals surface area contributed by atoms with Gasteiger partial charge in [-0.2, -0.15) is 0 Å². The molecule has 1 saturated carbocycles. The zero-order valence-electron chi connectivity index (χ0n) is 17.6. The maximum absolute atomic E-state index is 12.5. The maximum Gasteiger partial charge on any atom is 0.257 e. The number of aliphatic hydroxyl groups excluding tert-OH is 1. The Labute approximate surface area is 187 Å². The van der Waals surface area contributed by atoms with Gasteiger partial charge >= 0.3 is 0 Å². The predicted molar refractivity (Wildman–Crippen MR) is 120 cm³/mol. The molecule has 2 aromatic rings. The quantitative estimate of drug-likeness (QED) is 0.572. The van der Waals surface area contributed by atoms with Gasteiger partial charge in [-0.25, -0.2) is 0 Å². The number of ether oxygens (including phenoxy) is 1. The van der Waals surface area contributed by atoms with Gasteiger partial charge in [-0.15, -0.1) is 0 Å². The molecule has 166 valence electrons. The van der Waals surface area contributed by atoms with Gasteiger partial charge in [-0.05, 0) is 43.4 Å². The molecule has 0 spiro atoms. The van der Waals surface area contributed by atoms with Crippen molar-refractivity contribution in [1.82, 2.24) is 10.6 Å². The number of rotatable bonds is 7. The van der Waals surface area contributed by atoms with Crippen LogP contribution in [0.1, 0.15) is 38.2 Å². The van der Waals surface area contributed by atoms with E-state index in [2.05, 4.69) is 22.8 Å². The Morgan fingerprint density at radius 2 is 1.77 bits per heavy atom. The molecular weight excluding hydrogens is 416 g/mol. The van der Waals surface area contributed by atoms with Gasteiger partial charge in [0.25, 0.3) is 5.91 Å². The van der Waals surface area contributed by atoms with Crippen molar-refractivity contribution in [3.8, 4) is 5.75 Å². The molecule has 1 aliphatic rings. The molecule has 0 radical (unpaired) electrons. The summed E-state index contributed by atoms with van der Waals surface area (Å²) in [4.78, 5) is 24.0. The van der Waals surface area contributed by atoms with Crippen LogP contribution >= 0.6 is 11.6 Å². The van der Waals surface area contributed by atoms with E-state index in [0.717, 1.165) is 12.0 Å². The lowest BCUT2D eigenvalue weighted by Gasteiger charge is -2.34. The van der Waals surface area contributed by atoms with Crippen LogP contribution in [0.25, 0.3) is 0 Å². The van der Waals surface area contributed by atoms with Crippen molar-refractivity contribution in [1.29, 1.82) is 0 Å². The Kier molecular flexibility index (Phi) is 7.93. The zero-order chi connectivity index (χ0) is 22.3. The summed E-state index contributed by atoms with van der Waals surface area (Å²) in [6.07, 6.45) is 1.96. The van der Waals surface area contributed by atoms with Crippen LogP contribution < -0.4 is 15.4 Å². The lowest BCUT2D eigenvalue weighted by molar-refractivity contribution is -0.123. The normalized spacial score (nSPS) is 23.5. The molecule has 6 nitrogen and oxygen atoms in total. The molecule has 0 bridgehead atoms. The first kappa shape index (κ1) is 23.1. The third kappa shape index (κ3) is 6.21. The van der Waals surface area contributed by atoms with Crippen LogP contribution in [0, 0.1) is 0 Å². The van der Waals surface area contributed by atoms with E-state index in [9.17, 15) is 14.7 Å². The Hall–Kier alpha value is -2.57. The highest BCUT2D eigenvalue weighted by atomic mass is 35.5. The summed E-state index contributed by atoms with van der Waals surface area (Å²) in [6.45, 7) is 1.74. The molecule has 1 aliphatic carbocycles. The highest BCUT2D eigenvalue weighted by Crippen LogP contribution is 2.38. The summed E-state index contributed by atoms with van der Waals surface area (Å²) in [5, 5.41) is 16.9. The van der Waals surface area contributed by atoms with E-state index in [1.807, 2.05) is 18.2 Å². The van der Waals surface area contributed by atoms with Crippen molar-refractivity contribution >= 4 is 23.4 Å². The molecule has 1 fully saturated rings. The monoisotopic (exact) mass is 444 g/mol. The number of amides is 2. The van der Waals surface area contributed by atoms with Crippen molar-refractivity contribution in [3.05, 3.63) is 65.2 Å². The zero-order valence-corrected chi connectivity index (χ0v) is 18.4. The highest BCUT2D eigenvalue weighted by Gasteiger charge is 2.38. The highest BCUT2D eigenvalue weighted by molar-refractivity contribution is 6.32. The fourth-order valence-corrected chi connectivity index (χ4v) is 4.38. The van der Waals surface area contributed by atoms with E-state index in [-0.39, 0.29) is 29.9 Å². The molecule has 0 unspecified atom stereocenters. The average Bonchev–Trinajstić information content (AvgIpc) is 2.92. The van der Waals surface area contributed by atoms with Gasteiger partial charge in [0.05, 0.1) is 17.2 Å². The topological polar surface area (TPSA) is 87.7 Å². The number of benzene rings is 2. The minimum Gasteiger partial charge on any atom is -0.482 e. The van der Waals surface area contributed by atoms with E-state index in [4.69, 9.17) is 16.3 Å². The molecule has 0 saturated heterocycles. The molecule has 3 atom stereocenters. The first-order chi connectivity index (χ1) is 14.9. The van der Waals surface area contributed by atoms with Crippen LogP contribution in [0.5, 0.6) is 5.75 Å². The van der Waals surface area contributed by atoms with Crippen LogP contribution in [0.2, 0.25) is 5.02 Å². The van der Waals surface area contributed by atoms with Crippen molar-refractivity contribution in [2.75, 3.05) is 13.2 Å². The SMILES string of the molecule is CC(=O)N[C@H]1CC[C@](CNC(=O)COc2ccccc2Cl)(c2ccccc2)CC[C@@H]1O. The van der Waals surface area contributed by atoms with Crippen LogP contribution in [0.3, 0.4) is 0 Å². The number of carbonyl (C=O) groups is 2. The molecule has 0 heterocycles. The molecule has 3 N–H and O–H groups in total. The van der Waals surface area contributed by atoms with Crippen LogP contribution in [0.4, 0.5) is 0 Å². The number of carbonyl (C=O) groups excluding carboxylic acids is 2. The second kappa shape index (κ2) is 10.6. The fraction of sp³-hybridized carbons (Fsp3) is 0.417. The van der Waals surface area contributed by atoms with Gasteiger partial charge in [-0.3, -0.25) is 9.59 Å². The largest absolute Gasteiger partial charge is 0.482 e. The Balaban J connectivity index is 1.69. The Morgan fingerprint density at radius 3 is 2.48 bits per heavy atom. The molecule has 0 aliphatic heterocycles. The molecule has 2 aromatic carbocycles. The number of para-hydroxylation sites is 1. The van der Waals surface area contributed by atoms with Gasteiger partial charge in [0.1, 0.15) is 5.75 Å². The van der Waals surface area contributed by atoms with E-state index in [1.54, 1.807) is 24.3 Å². The molecular formula is C24H29ClN2O4. The Bertz CT molecular complexity index is 892. The summed E-state index contributed by atoms with van der Waals surface area (Å²) in [5.74, 6) is 0.0764. The summed E-state index contributed by atoms with van der Waals surface area (Å²) in [5.41, 5.74) is 0.771. The summed E-state index contributed by atoms with van der Waals surface area (Å²) < 4.78 is 5.55. The van der Waals surface area contributed by atoms with Crippen LogP contribution in [-0.2, 0) is 15.0 Å². The number of nitrogens with one attached hydrogen (secondary N) is 2. The minimum absolute atomic E-state index is 0.133. The van der Waals surface area contributed by atoms with Gasteiger partial charge in [-0.1, -0.05) is 54.1 Å². The number of hydrogen-bond acceptors (Lipinski definition) is 4. The van der Waals surface area contributed by atoms with Crippen molar-refractivity contribution < 1.29 is 19.4 Å².